The van der Waals surface area contributed by atoms with Crippen LogP contribution in [0.4, 0.5) is 0 Å². The van der Waals surface area contributed by atoms with E-state index in [1.807, 2.05) is 0 Å². The van der Waals surface area contributed by atoms with Gasteiger partial charge in [-0.15, -0.1) is 0 Å². The van der Waals surface area contributed by atoms with Crippen LogP contribution in [0.1, 0.15) is 29.2 Å². The van der Waals surface area contributed by atoms with Crippen molar-refractivity contribution in [2.75, 3.05) is 27.2 Å². The van der Waals surface area contributed by atoms with E-state index in [1.165, 1.54) is 24.4 Å². The number of piperidine rings is 1. The molecule has 21 heavy (non-hydrogen) atoms. The smallest absolute Gasteiger partial charge is 0.373 e. The highest BCUT2D eigenvalue weighted by Crippen LogP contribution is 2.26. The Kier molecular flexibility index (Phi) is 4.70. The molecule has 1 fully saturated rings. The van der Waals surface area contributed by atoms with E-state index in [2.05, 4.69) is 10.1 Å². The van der Waals surface area contributed by atoms with Crippen molar-refractivity contribution in [2.24, 2.45) is 0 Å². The summed E-state index contributed by atoms with van der Waals surface area (Å²) in [5.41, 5.74) is 0. The molecule has 2 heterocycles. The molecule has 2 rings (SSSR count). The number of carbonyl (C=O) groups is 1. The molecule has 1 saturated heterocycles. The van der Waals surface area contributed by atoms with Crippen molar-refractivity contribution < 1.29 is 22.4 Å². The summed E-state index contributed by atoms with van der Waals surface area (Å²) in [5.74, 6) is -0.604. The van der Waals surface area contributed by atoms with Crippen LogP contribution in [0.2, 0.25) is 0 Å². The second-order valence-corrected chi connectivity index (χ2v) is 6.99. The Hall–Kier alpha value is -1.38. The predicted molar refractivity (Wildman–Crippen MR) is 75.6 cm³/mol. The Morgan fingerprint density at radius 1 is 1.43 bits per heavy atom. The number of methoxy groups -OCH3 is 1. The van der Waals surface area contributed by atoms with Crippen LogP contribution in [0.5, 0.6) is 0 Å². The Morgan fingerprint density at radius 2 is 2.05 bits per heavy atom. The normalized spacial score (nSPS) is 17.1. The van der Waals surface area contributed by atoms with Gasteiger partial charge < -0.3 is 14.5 Å². The molecular weight excluding hydrogens is 296 g/mol. The topological polar surface area (TPSA) is 88.9 Å². The summed E-state index contributed by atoms with van der Waals surface area (Å²) in [6.07, 6.45) is 1.52. The van der Waals surface area contributed by atoms with Gasteiger partial charge in [0.05, 0.1) is 7.11 Å². The maximum absolute atomic E-state index is 12.7. The minimum absolute atomic E-state index is 0.0175. The molecule has 0 saturated carbocycles. The first-order valence-electron chi connectivity index (χ1n) is 6.75. The molecule has 0 spiro atoms. The van der Waals surface area contributed by atoms with E-state index in [4.69, 9.17) is 4.42 Å². The van der Waals surface area contributed by atoms with Gasteiger partial charge in [-0.2, -0.15) is 4.31 Å². The monoisotopic (exact) mass is 316 g/mol. The molecule has 0 aromatic carbocycles. The van der Waals surface area contributed by atoms with Gasteiger partial charge in [0.25, 0.3) is 0 Å². The highest BCUT2D eigenvalue weighted by atomic mass is 32.2. The van der Waals surface area contributed by atoms with Gasteiger partial charge in [-0.05, 0) is 32.9 Å². The highest BCUT2D eigenvalue weighted by Gasteiger charge is 2.32. The summed E-state index contributed by atoms with van der Waals surface area (Å²) < 4.78 is 36.5. The fourth-order valence-electron chi connectivity index (χ4n) is 2.44. The Labute approximate surface area is 124 Å². The van der Waals surface area contributed by atoms with Crippen LogP contribution in [-0.4, -0.2) is 52.0 Å². The summed E-state index contributed by atoms with van der Waals surface area (Å²) in [7, 11) is -0.903. The minimum Gasteiger partial charge on any atom is -0.463 e. The van der Waals surface area contributed by atoms with Crippen molar-refractivity contribution in [3.05, 3.63) is 17.6 Å². The fourth-order valence-corrected chi connectivity index (χ4v) is 4.02. The Bertz CT molecular complexity index is 617. The zero-order chi connectivity index (χ0) is 15.6. The van der Waals surface area contributed by atoms with E-state index < -0.39 is 16.0 Å². The average molecular weight is 316 g/mol. The molecule has 1 aliphatic heterocycles. The Balaban J connectivity index is 2.30. The summed E-state index contributed by atoms with van der Waals surface area (Å²) in [6, 6.07) is 1.18. The van der Waals surface area contributed by atoms with Crippen LogP contribution in [-0.2, 0) is 14.8 Å². The van der Waals surface area contributed by atoms with Gasteiger partial charge in [-0.1, -0.05) is 0 Å². The maximum atomic E-state index is 12.7. The maximum Gasteiger partial charge on any atom is 0.373 e. The number of hydrogen-bond acceptors (Lipinski definition) is 6. The highest BCUT2D eigenvalue weighted by molar-refractivity contribution is 7.89. The minimum atomic E-state index is -3.69. The summed E-state index contributed by atoms with van der Waals surface area (Å²) in [6.45, 7) is 3.11. The number of aryl methyl sites for hydroxylation is 1. The third-order valence-electron chi connectivity index (χ3n) is 3.74. The molecule has 7 nitrogen and oxygen atoms in total. The van der Waals surface area contributed by atoms with Gasteiger partial charge in [-0.3, -0.25) is 0 Å². The summed E-state index contributed by atoms with van der Waals surface area (Å²) in [5, 5.41) is 3.20. The number of hydrogen-bond donors (Lipinski definition) is 1. The number of rotatable bonds is 4. The van der Waals surface area contributed by atoms with Crippen LogP contribution in [0.3, 0.4) is 0 Å². The summed E-state index contributed by atoms with van der Waals surface area (Å²) in [4.78, 5) is 11.5. The number of nitrogens with zero attached hydrogens (tertiary/aromatic N) is 1. The molecule has 1 aliphatic rings. The van der Waals surface area contributed by atoms with Gasteiger partial charge in [0.1, 0.15) is 10.7 Å². The lowest BCUT2D eigenvalue weighted by Crippen LogP contribution is -2.43. The van der Waals surface area contributed by atoms with Crippen molar-refractivity contribution in [1.82, 2.24) is 9.62 Å². The van der Waals surface area contributed by atoms with Crippen molar-refractivity contribution >= 4 is 16.0 Å². The molecule has 0 aliphatic carbocycles. The quantitative estimate of drug-likeness (QED) is 0.825. The number of ether oxygens (including phenoxy) is 1. The standard InChI is InChI=1S/C13H20N2O5S/c1-9-12(8-11(20-9)13(16)19-3)21(17,18)15(2)10-4-6-14-7-5-10/h8,10,14H,4-7H2,1-3H3. The molecule has 0 amide bonds. The average Bonchev–Trinajstić information content (AvgIpc) is 2.89. The van der Waals surface area contributed by atoms with E-state index in [1.54, 1.807) is 7.05 Å². The summed E-state index contributed by atoms with van der Waals surface area (Å²) >= 11 is 0. The fraction of sp³-hybridized carbons (Fsp3) is 0.615. The van der Waals surface area contributed by atoms with Crippen molar-refractivity contribution in [1.29, 1.82) is 0 Å². The molecule has 118 valence electrons. The number of esters is 1. The lowest BCUT2D eigenvalue weighted by molar-refractivity contribution is 0.0563. The first kappa shape index (κ1) is 16.0. The molecule has 8 heteroatoms. The zero-order valence-electron chi connectivity index (χ0n) is 12.4. The van der Waals surface area contributed by atoms with Crippen molar-refractivity contribution in [3.63, 3.8) is 0 Å². The largest absolute Gasteiger partial charge is 0.463 e. The van der Waals surface area contributed by atoms with E-state index in [-0.39, 0.29) is 22.5 Å². The molecule has 1 aromatic heterocycles. The molecular formula is C13H20N2O5S. The van der Waals surface area contributed by atoms with Crippen LogP contribution >= 0.6 is 0 Å². The molecule has 0 radical (unpaired) electrons. The lowest BCUT2D eigenvalue weighted by Gasteiger charge is -2.30. The lowest BCUT2D eigenvalue weighted by atomic mass is 10.1. The second-order valence-electron chi connectivity index (χ2n) is 5.03. The van der Waals surface area contributed by atoms with Crippen LogP contribution in [0.25, 0.3) is 0 Å². The first-order valence-corrected chi connectivity index (χ1v) is 8.19. The predicted octanol–water partition coefficient (Wildman–Crippen LogP) is 0.747. The van der Waals surface area contributed by atoms with Gasteiger partial charge >= 0.3 is 5.97 Å². The molecule has 0 atom stereocenters. The second kappa shape index (κ2) is 6.17. The van der Waals surface area contributed by atoms with E-state index >= 15 is 0 Å². The first-order chi connectivity index (χ1) is 9.87. The number of carbonyl (C=O) groups excluding carboxylic acids is 1. The van der Waals surface area contributed by atoms with Gasteiger partial charge in [-0.25, -0.2) is 13.2 Å². The molecule has 1 aromatic rings. The van der Waals surface area contributed by atoms with Crippen molar-refractivity contribution in [2.45, 2.75) is 30.7 Å². The SMILES string of the molecule is COC(=O)c1cc(S(=O)(=O)N(C)C2CCNCC2)c(C)o1. The van der Waals surface area contributed by atoms with Crippen LogP contribution in [0.15, 0.2) is 15.4 Å². The van der Waals surface area contributed by atoms with Crippen molar-refractivity contribution in [3.8, 4) is 0 Å². The van der Waals surface area contributed by atoms with E-state index in [0.717, 1.165) is 25.9 Å². The number of furan rings is 1. The van der Waals surface area contributed by atoms with Gasteiger partial charge in [0.15, 0.2) is 0 Å². The number of nitrogens with one attached hydrogen (secondary N) is 1. The zero-order valence-corrected chi connectivity index (χ0v) is 13.2. The van der Waals surface area contributed by atoms with Gasteiger partial charge in [0.2, 0.25) is 15.8 Å². The third-order valence-corrected chi connectivity index (χ3v) is 5.76. The molecule has 0 bridgehead atoms. The Morgan fingerprint density at radius 3 is 2.62 bits per heavy atom. The molecule has 0 unspecified atom stereocenters. The number of sulfonamides is 1. The molecule has 1 N–H and O–H groups in total. The van der Waals surface area contributed by atoms with Gasteiger partial charge in [0, 0.05) is 19.2 Å². The third kappa shape index (κ3) is 3.12. The van der Waals surface area contributed by atoms with E-state index in [9.17, 15) is 13.2 Å². The van der Waals surface area contributed by atoms with Crippen LogP contribution < -0.4 is 5.32 Å². The van der Waals surface area contributed by atoms with Crippen LogP contribution in [0, 0.1) is 6.92 Å². The van der Waals surface area contributed by atoms with E-state index in [0.29, 0.717) is 0 Å².